The highest BCUT2D eigenvalue weighted by molar-refractivity contribution is 6.22. The Bertz CT molecular complexity index is 261. The SMILES string of the molecule is CC(C)(C)N1C[C@@H](Cl)C2OCC(=O)C21. The zero-order valence-electron chi connectivity index (χ0n) is 8.79. The van der Waals surface area contributed by atoms with Crippen molar-refractivity contribution < 1.29 is 9.53 Å². The number of carbonyl (C=O) groups excluding carboxylic acids is 1. The molecular formula is C10H16ClNO2. The average Bonchev–Trinajstić information content (AvgIpc) is 2.54. The van der Waals surface area contributed by atoms with Crippen LogP contribution in [-0.4, -0.2) is 46.9 Å². The van der Waals surface area contributed by atoms with Crippen LogP contribution in [0.4, 0.5) is 0 Å². The van der Waals surface area contributed by atoms with Gasteiger partial charge in [0.25, 0.3) is 0 Å². The molecule has 2 fully saturated rings. The third kappa shape index (κ3) is 1.47. The van der Waals surface area contributed by atoms with Gasteiger partial charge in [-0.15, -0.1) is 11.6 Å². The summed E-state index contributed by atoms with van der Waals surface area (Å²) in [6, 6.07) is -0.113. The number of alkyl halides is 1. The van der Waals surface area contributed by atoms with E-state index < -0.39 is 0 Å². The minimum absolute atomic E-state index is 0.0179. The van der Waals surface area contributed by atoms with Crippen LogP contribution in [0.3, 0.4) is 0 Å². The number of carbonyl (C=O) groups is 1. The topological polar surface area (TPSA) is 29.5 Å². The molecule has 2 unspecified atom stereocenters. The highest BCUT2D eigenvalue weighted by atomic mass is 35.5. The maximum atomic E-state index is 11.6. The van der Waals surface area contributed by atoms with Gasteiger partial charge < -0.3 is 4.74 Å². The number of ether oxygens (including phenoxy) is 1. The number of halogens is 1. The summed E-state index contributed by atoms with van der Waals surface area (Å²) < 4.78 is 5.40. The van der Waals surface area contributed by atoms with Crippen molar-refractivity contribution in [3.8, 4) is 0 Å². The van der Waals surface area contributed by atoms with Gasteiger partial charge in [-0.3, -0.25) is 9.69 Å². The van der Waals surface area contributed by atoms with E-state index in [4.69, 9.17) is 16.3 Å². The minimum Gasteiger partial charge on any atom is -0.367 e. The number of likely N-dealkylation sites (tertiary alicyclic amines) is 1. The second-order valence-electron chi connectivity index (χ2n) is 5.03. The Labute approximate surface area is 89.4 Å². The lowest BCUT2D eigenvalue weighted by atomic mass is 10.0. The molecule has 0 bridgehead atoms. The first kappa shape index (κ1) is 10.4. The number of Topliss-reactive ketones (excluding diaryl/α,β-unsaturated/α-hetero) is 1. The zero-order valence-corrected chi connectivity index (χ0v) is 9.54. The average molecular weight is 218 g/mol. The Morgan fingerprint density at radius 1 is 1.50 bits per heavy atom. The van der Waals surface area contributed by atoms with Crippen molar-refractivity contribution in [2.75, 3.05) is 13.2 Å². The molecule has 2 aliphatic rings. The summed E-state index contributed by atoms with van der Waals surface area (Å²) in [6.07, 6.45) is -0.0941. The largest absolute Gasteiger partial charge is 0.367 e. The van der Waals surface area contributed by atoms with Gasteiger partial charge in [0.05, 0.1) is 17.5 Å². The van der Waals surface area contributed by atoms with Gasteiger partial charge in [0.2, 0.25) is 0 Å². The van der Waals surface area contributed by atoms with Crippen LogP contribution < -0.4 is 0 Å². The molecule has 14 heavy (non-hydrogen) atoms. The molecule has 0 amide bonds. The molecule has 0 aliphatic carbocycles. The number of hydrogen-bond acceptors (Lipinski definition) is 3. The Kier molecular flexibility index (Phi) is 2.37. The van der Waals surface area contributed by atoms with Gasteiger partial charge in [-0.25, -0.2) is 0 Å². The van der Waals surface area contributed by atoms with Crippen LogP contribution in [-0.2, 0) is 9.53 Å². The lowest BCUT2D eigenvalue weighted by molar-refractivity contribution is -0.122. The fraction of sp³-hybridized carbons (Fsp3) is 0.900. The van der Waals surface area contributed by atoms with Gasteiger partial charge in [-0.1, -0.05) is 0 Å². The molecule has 2 rings (SSSR count). The summed E-state index contributed by atoms with van der Waals surface area (Å²) in [6.45, 7) is 7.27. The van der Waals surface area contributed by atoms with Crippen LogP contribution in [0, 0.1) is 0 Å². The summed E-state index contributed by atoms with van der Waals surface area (Å²) in [5, 5.41) is -0.0503. The lowest BCUT2D eigenvalue weighted by Crippen LogP contribution is -2.48. The Morgan fingerprint density at radius 3 is 2.71 bits per heavy atom. The van der Waals surface area contributed by atoms with E-state index in [-0.39, 0.29) is 35.5 Å². The molecular weight excluding hydrogens is 202 g/mol. The molecule has 80 valence electrons. The van der Waals surface area contributed by atoms with Gasteiger partial charge in [-0.05, 0) is 20.8 Å². The minimum atomic E-state index is -0.113. The molecule has 2 aliphatic heterocycles. The summed E-state index contributed by atoms with van der Waals surface area (Å²) >= 11 is 6.16. The highest BCUT2D eigenvalue weighted by Gasteiger charge is 2.52. The third-order valence-electron chi connectivity index (χ3n) is 2.98. The van der Waals surface area contributed by atoms with Gasteiger partial charge >= 0.3 is 0 Å². The van der Waals surface area contributed by atoms with Crippen LogP contribution >= 0.6 is 11.6 Å². The van der Waals surface area contributed by atoms with Crippen molar-refractivity contribution in [2.45, 2.75) is 43.8 Å². The highest BCUT2D eigenvalue weighted by Crippen LogP contribution is 2.35. The quantitative estimate of drug-likeness (QED) is 0.568. The summed E-state index contributed by atoms with van der Waals surface area (Å²) in [5.41, 5.74) is -0.0179. The van der Waals surface area contributed by atoms with Crippen LogP contribution in [0.1, 0.15) is 20.8 Å². The number of ketones is 1. The van der Waals surface area contributed by atoms with Crippen LogP contribution in [0.2, 0.25) is 0 Å². The second kappa shape index (κ2) is 3.19. The van der Waals surface area contributed by atoms with Crippen LogP contribution in [0.15, 0.2) is 0 Å². The number of nitrogens with zero attached hydrogens (tertiary/aromatic N) is 1. The van der Waals surface area contributed by atoms with Crippen molar-refractivity contribution in [3.05, 3.63) is 0 Å². The molecule has 2 saturated heterocycles. The van der Waals surface area contributed by atoms with Crippen molar-refractivity contribution in [1.82, 2.24) is 4.90 Å². The third-order valence-corrected chi connectivity index (χ3v) is 3.37. The van der Waals surface area contributed by atoms with Gasteiger partial charge in [0.1, 0.15) is 6.61 Å². The fourth-order valence-electron chi connectivity index (χ4n) is 2.29. The number of rotatable bonds is 0. The van der Waals surface area contributed by atoms with Gasteiger partial charge in [-0.2, -0.15) is 0 Å². The van der Waals surface area contributed by atoms with Crippen molar-refractivity contribution in [3.63, 3.8) is 0 Å². The maximum absolute atomic E-state index is 11.6. The summed E-state index contributed by atoms with van der Waals surface area (Å²) in [5.74, 6) is 0.174. The first-order chi connectivity index (χ1) is 6.41. The van der Waals surface area contributed by atoms with Crippen molar-refractivity contribution in [1.29, 1.82) is 0 Å². The predicted molar refractivity (Wildman–Crippen MR) is 54.6 cm³/mol. The number of hydrogen-bond donors (Lipinski definition) is 0. The van der Waals surface area contributed by atoms with Crippen LogP contribution in [0.25, 0.3) is 0 Å². The molecule has 3 atom stereocenters. The first-order valence-electron chi connectivity index (χ1n) is 4.96. The molecule has 0 spiro atoms. The molecule has 4 heteroatoms. The van der Waals surface area contributed by atoms with E-state index in [1.807, 2.05) is 0 Å². The molecule has 0 aromatic carbocycles. The predicted octanol–water partition coefficient (Wildman–Crippen LogP) is 1.04. The molecule has 0 N–H and O–H groups in total. The van der Waals surface area contributed by atoms with Crippen molar-refractivity contribution >= 4 is 17.4 Å². The van der Waals surface area contributed by atoms with E-state index in [1.165, 1.54) is 0 Å². The molecule has 0 radical (unpaired) electrons. The van der Waals surface area contributed by atoms with E-state index in [9.17, 15) is 4.79 Å². The molecule has 0 saturated carbocycles. The Morgan fingerprint density at radius 2 is 2.14 bits per heavy atom. The summed E-state index contributed by atoms with van der Waals surface area (Å²) in [4.78, 5) is 13.8. The second-order valence-corrected chi connectivity index (χ2v) is 5.59. The normalized spacial score (nSPS) is 39.1. The van der Waals surface area contributed by atoms with Gasteiger partial charge in [0, 0.05) is 12.1 Å². The van der Waals surface area contributed by atoms with Gasteiger partial charge in [0.15, 0.2) is 5.78 Å². The number of fused-ring (bicyclic) bond motifs is 1. The van der Waals surface area contributed by atoms with E-state index in [0.29, 0.717) is 0 Å². The van der Waals surface area contributed by atoms with E-state index in [1.54, 1.807) is 0 Å². The smallest absolute Gasteiger partial charge is 0.178 e. The van der Waals surface area contributed by atoms with Crippen LogP contribution in [0.5, 0.6) is 0 Å². The standard InChI is InChI=1S/C10H16ClNO2/c1-10(2,3)12-4-6(11)9-8(12)7(13)5-14-9/h6,8-9H,4-5H2,1-3H3/t6-,8?,9?/m1/s1. The first-order valence-corrected chi connectivity index (χ1v) is 5.40. The zero-order chi connectivity index (χ0) is 10.5. The summed E-state index contributed by atoms with van der Waals surface area (Å²) in [7, 11) is 0. The Hall–Kier alpha value is -0.120. The lowest BCUT2D eigenvalue weighted by Gasteiger charge is -2.35. The van der Waals surface area contributed by atoms with E-state index >= 15 is 0 Å². The monoisotopic (exact) mass is 217 g/mol. The molecule has 3 nitrogen and oxygen atoms in total. The fourth-order valence-corrected chi connectivity index (χ4v) is 2.65. The molecule has 0 aromatic rings. The van der Waals surface area contributed by atoms with E-state index in [2.05, 4.69) is 25.7 Å². The Balaban J connectivity index is 2.25. The maximum Gasteiger partial charge on any atom is 0.178 e. The molecule has 2 heterocycles. The molecule has 0 aromatic heterocycles. The van der Waals surface area contributed by atoms with E-state index in [0.717, 1.165) is 6.54 Å². The van der Waals surface area contributed by atoms with Crippen molar-refractivity contribution in [2.24, 2.45) is 0 Å².